The number of hydrogen-bond acceptors (Lipinski definition) is 1. The molecule has 2 aromatic rings. The van der Waals surface area contributed by atoms with Crippen molar-refractivity contribution in [3.63, 3.8) is 0 Å². The van der Waals surface area contributed by atoms with E-state index in [2.05, 4.69) is 69.4 Å². The second-order valence-corrected chi connectivity index (χ2v) is 6.33. The second-order valence-electron chi connectivity index (χ2n) is 6.33. The Bertz CT molecular complexity index is 640. The molecule has 1 aliphatic rings. The van der Waals surface area contributed by atoms with Crippen LogP contribution >= 0.6 is 0 Å². The molecule has 0 bridgehead atoms. The Balaban J connectivity index is 1.92. The summed E-state index contributed by atoms with van der Waals surface area (Å²) in [5.41, 5.74) is 8.36. The molecule has 1 unspecified atom stereocenters. The summed E-state index contributed by atoms with van der Waals surface area (Å²) in [5, 5.41) is 3.68. The predicted molar refractivity (Wildman–Crippen MR) is 86.5 cm³/mol. The van der Waals surface area contributed by atoms with Crippen LogP contribution < -0.4 is 5.32 Å². The third-order valence-electron chi connectivity index (χ3n) is 4.36. The number of fused-ring (bicyclic) bond motifs is 1. The van der Waals surface area contributed by atoms with Gasteiger partial charge in [0, 0.05) is 5.69 Å². The summed E-state index contributed by atoms with van der Waals surface area (Å²) in [7, 11) is 0. The molecular weight excluding hydrogens is 242 g/mol. The molecule has 0 amide bonds. The van der Waals surface area contributed by atoms with Gasteiger partial charge in [0.05, 0.1) is 6.04 Å². The van der Waals surface area contributed by atoms with E-state index in [4.69, 9.17) is 0 Å². The van der Waals surface area contributed by atoms with Crippen molar-refractivity contribution in [2.45, 2.75) is 46.1 Å². The van der Waals surface area contributed by atoms with Gasteiger partial charge in [-0.15, -0.1) is 0 Å². The topological polar surface area (TPSA) is 12.0 Å². The molecule has 0 saturated carbocycles. The molecule has 3 rings (SSSR count). The Hall–Kier alpha value is -1.76. The number of anilines is 1. The Kier molecular flexibility index (Phi) is 3.29. The summed E-state index contributed by atoms with van der Waals surface area (Å²) < 4.78 is 0. The third-order valence-corrected chi connectivity index (χ3v) is 4.36. The van der Waals surface area contributed by atoms with E-state index in [9.17, 15) is 0 Å². The third kappa shape index (κ3) is 2.33. The molecule has 20 heavy (non-hydrogen) atoms. The van der Waals surface area contributed by atoms with E-state index in [0.29, 0.717) is 12.0 Å². The van der Waals surface area contributed by atoms with E-state index < -0.39 is 0 Å². The highest BCUT2D eigenvalue weighted by atomic mass is 14.9. The Morgan fingerprint density at radius 1 is 1.05 bits per heavy atom. The van der Waals surface area contributed by atoms with Crippen molar-refractivity contribution in [3.05, 3.63) is 64.2 Å². The van der Waals surface area contributed by atoms with Crippen molar-refractivity contribution in [3.8, 4) is 0 Å². The van der Waals surface area contributed by atoms with Gasteiger partial charge in [-0.3, -0.25) is 0 Å². The van der Waals surface area contributed by atoms with E-state index in [0.717, 1.165) is 6.42 Å². The van der Waals surface area contributed by atoms with Crippen LogP contribution in [0.15, 0.2) is 36.4 Å². The number of rotatable bonds is 2. The van der Waals surface area contributed by atoms with Gasteiger partial charge in [-0.05, 0) is 54.5 Å². The molecule has 2 aromatic carbocycles. The van der Waals surface area contributed by atoms with Crippen molar-refractivity contribution in [2.24, 2.45) is 0 Å². The standard InChI is InChI=1S/C19H23N/c1-12(2)15-7-8-18-16(10-15)11-19(20-18)17-9-13(3)5-6-14(17)4/h5-10,12,19-20H,11H2,1-4H3. The fourth-order valence-corrected chi connectivity index (χ4v) is 3.06. The van der Waals surface area contributed by atoms with Crippen LogP contribution in [0.4, 0.5) is 5.69 Å². The SMILES string of the molecule is Cc1ccc(C)c(C2Cc3cc(C(C)C)ccc3N2)c1. The lowest BCUT2D eigenvalue weighted by atomic mass is 9.95. The van der Waals surface area contributed by atoms with Gasteiger partial charge in [0.1, 0.15) is 0 Å². The first-order chi connectivity index (χ1) is 9.54. The normalized spacial score (nSPS) is 17.1. The average molecular weight is 265 g/mol. The lowest BCUT2D eigenvalue weighted by molar-refractivity contribution is 0.811. The molecule has 1 nitrogen and oxygen atoms in total. The van der Waals surface area contributed by atoms with Gasteiger partial charge in [-0.25, -0.2) is 0 Å². The van der Waals surface area contributed by atoms with Gasteiger partial charge < -0.3 is 5.32 Å². The number of benzene rings is 2. The van der Waals surface area contributed by atoms with Crippen LogP contribution in [0.1, 0.15) is 53.6 Å². The molecule has 0 fully saturated rings. The monoisotopic (exact) mass is 265 g/mol. The van der Waals surface area contributed by atoms with E-state index in [1.165, 1.54) is 33.5 Å². The first kappa shape index (κ1) is 13.2. The highest BCUT2D eigenvalue weighted by Crippen LogP contribution is 2.37. The fourth-order valence-electron chi connectivity index (χ4n) is 3.06. The zero-order valence-corrected chi connectivity index (χ0v) is 12.8. The van der Waals surface area contributed by atoms with Gasteiger partial charge in [-0.1, -0.05) is 49.7 Å². The first-order valence-electron chi connectivity index (χ1n) is 7.51. The number of nitrogens with one attached hydrogen (secondary N) is 1. The maximum atomic E-state index is 3.68. The molecule has 0 aliphatic carbocycles. The van der Waals surface area contributed by atoms with Crippen LogP contribution in [0.3, 0.4) is 0 Å². The van der Waals surface area contributed by atoms with Crippen molar-refractivity contribution < 1.29 is 0 Å². The van der Waals surface area contributed by atoms with E-state index in [1.54, 1.807) is 0 Å². The minimum atomic E-state index is 0.423. The van der Waals surface area contributed by atoms with Crippen LogP contribution in [-0.2, 0) is 6.42 Å². The first-order valence-corrected chi connectivity index (χ1v) is 7.51. The van der Waals surface area contributed by atoms with Gasteiger partial charge in [0.15, 0.2) is 0 Å². The van der Waals surface area contributed by atoms with Gasteiger partial charge in [0.25, 0.3) is 0 Å². The summed E-state index contributed by atoms with van der Waals surface area (Å²) in [5.74, 6) is 0.597. The lowest BCUT2D eigenvalue weighted by Crippen LogP contribution is -2.07. The maximum Gasteiger partial charge on any atom is 0.0557 e. The molecule has 1 N–H and O–H groups in total. The largest absolute Gasteiger partial charge is 0.378 e. The molecule has 1 heteroatoms. The molecule has 0 aromatic heterocycles. The Morgan fingerprint density at radius 2 is 1.85 bits per heavy atom. The summed E-state index contributed by atoms with van der Waals surface area (Å²) in [6.45, 7) is 8.89. The predicted octanol–water partition coefficient (Wildman–Crippen LogP) is 5.14. The molecule has 104 valence electrons. The van der Waals surface area contributed by atoms with E-state index in [1.807, 2.05) is 0 Å². The van der Waals surface area contributed by atoms with Crippen LogP contribution in [0.25, 0.3) is 0 Å². The summed E-state index contributed by atoms with van der Waals surface area (Å²) >= 11 is 0. The van der Waals surface area contributed by atoms with Gasteiger partial charge in [-0.2, -0.15) is 0 Å². The highest BCUT2D eigenvalue weighted by molar-refractivity contribution is 5.60. The van der Waals surface area contributed by atoms with E-state index >= 15 is 0 Å². The van der Waals surface area contributed by atoms with E-state index in [-0.39, 0.29) is 0 Å². The second kappa shape index (κ2) is 4.97. The van der Waals surface area contributed by atoms with Gasteiger partial charge in [0.2, 0.25) is 0 Å². The Morgan fingerprint density at radius 3 is 2.60 bits per heavy atom. The van der Waals surface area contributed by atoms with Gasteiger partial charge >= 0.3 is 0 Å². The quantitative estimate of drug-likeness (QED) is 0.793. The average Bonchev–Trinajstić information content (AvgIpc) is 2.83. The molecule has 1 atom stereocenters. The lowest BCUT2D eigenvalue weighted by Gasteiger charge is -2.15. The summed E-state index contributed by atoms with van der Waals surface area (Å²) in [6, 6.07) is 14.0. The molecule has 1 aliphatic heterocycles. The smallest absolute Gasteiger partial charge is 0.0557 e. The van der Waals surface area contributed by atoms with Crippen molar-refractivity contribution in [1.29, 1.82) is 0 Å². The van der Waals surface area contributed by atoms with Crippen LogP contribution in [0.2, 0.25) is 0 Å². The zero-order valence-electron chi connectivity index (χ0n) is 12.8. The molecular formula is C19H23N. The summed E-state index contributed by atoms with van der Waals surface area (Å²) in [4.78, 5) is 0. The molecule has 0 radical (unpaired) electrons. The van der Waals surface area contributed by atoms with Crippen LogP contribution in [0.5, 0.6) is 0 Å². The minimum absolute atomic E-state index is 0.423. The molecule has 0 spiro atoms. The Labute approximate surface area is 122 Å². The van der Waals surface area contributed by atoms with Crippen LogP contribution in [0, 0.1) is 13.8 Å². The summed E-state index contributed by atoms with van der Waals surface area (Å²) in [6.07, 6.45) is 1.10. The van der Waals surface area contributed by atoms with Crippen molar-refractivity contribution in [2.75, 3.05) is 5.32 Å². The minimum Gasteiger partial charge on any atom is -0.378 e. The molecule has 1 heterocycles. The molecule has 0 saturated heterocycles. The van der Waals surface area contributed by atoms with Crippen LogP contribution in [-0.4, -0.2) is 0 Å². The maximum absolute atomic E-state index is 3.68. The van der Waals surface area contributed by atoms with Crippen molar-refractivity contribution >= 4 is 5.69 Å². The number of aryl methyl sites for hydroxylation is 2. The number of hydrogen-bond donors (Lipinski definition) is 1. The highest BCUT2D eigenvalue weighted by Gasteiger charge is 2.23. The fraction of sp³-hybridized carbons (Fsp3) is 0.368. The van der Waals surface area contributed by atoms with Crippen molar-refractivity contribution in [1.82, 2.24) is 0 Å². The zero-order chi connectivity index (χ0) is 14.3.